The minimum Gasteiger partial charge on any atom is -0.387 e. The number of halogens is 2. The topological polar surface area (TPSA) is 24.9 Å². The van der Waals surface area contributed by atoms with Crippen LogP contribution < -0.4 is 5.32 Å². The van der Waals surface area contributed by atoms with Crippen molar-refractivity contribution in [2.75, 3.05) is 12.4 Å². The lowest BCUT2D eigenvalue weighted by molar-refractivity contribution is 0.571. The summed E-state index contributed by atoms with van der Waals surface area (Å²) >= 11 is 3.33. The van der Waals surface area contributed by atoms with Gasteiger partial charge < -0.3 is 5.32 Å². The fourth-order valence-electron chi connectivity index (χ4n) is 2.08. The second-order valence-corrected chi connectivity index (χ2v) is 6.56. The normalized spacial score (nSPS) is 11.9. The Kier molecular flexibility index (Phi) is 3.56. The average molecular weight is 325 g/mol. The van der Waals surface area contributed by atoms with E-state index in [0.717, 1.165) is 27.8 Å². The van der Waals surface area contributed by atoms with E-state index >= 15 is 0 Å². The van der Waals surface area contributed by atoms with E-state index in [9.17, 15) is 4.39 Å². The number of fused-ring (bicyclic) bond motifs is 1. The van der Waals surface area contributed by atoms with E-state index in [0.29, 0.717) is 4.47 Å². The van der Waals surface area contributed by atoms with Crippen LogP contribution in [0.25, 0.3) is 10.9 Å². The largest absolute Gasteiger partial charge is 0.387 e. The number of nitrogens with zero attached hydrogens (tertiary/aromatic N) is 1. The molecule has 1 aromatic carbocycles. The highest BCUT2D eigenvalue weighted by atomic mass is 79.9. The van der Waals surface area contributed by atoms with Gasteiger partial charge in [0.25, 0.3) is 0 Å². The maximum atomic E-state index is 13.9. The van der Waals surface area contributed by atoms with E-state index in [2.05, 4.69) is 42.0 Å². The number of aryl methyl sites for hydroxylation is 1. The molecule has 19 heavy (non-hydrogen) atoms. The summed E-state index contributed by atoms with van der Waals surface area (Å²) < 4.78 is 14.3. The zero-order chi connectivity index (χ0) is 14.4. The summed E-state index contributed by atoms with van der Waals surface area (Å²) in [5, 5.41) is 3.94. The van der Waals surface area contributed by atoms with Gasteiger partial charge in [-0.3, -0.25) is 4.98 Å². The van der Waals surface area contributed by atoms with E-state index in [1.807, 2.05) is 20.0 Å². The third kappa shape index (κ3) is 2.46. The highest BCUT2D eigenvalue weighted by Crippen LogP contribution is 2.36. The monoisotopic (exact) mass is 324 g/mol. The Bertz CT molecular complexity index is 645. The van der Waals surface area contributed by atoms with Crippen molar-refractivity contribution in [2.45, 2.75) is 33.1 Å². The van der Waals surface area contributed by atoms with Crippen molar-refractivity contribution < 1.29 is 4.39 Å². The molecule has 0 amide bonds. The molecule has 2 nitrogen and oxygen atoms in total. The molecule has 0 radical (unpaired) electrons. The number of benzene rings is 1. The first kappa shape index (κ1) is 14.3. The van der Waals surface area contributed by atoms with Gasteiger partial charge in [0.05, 0.1) is 9.99 Å². The number of nitrogens with one attached hydrogen (secondary N) is 1. The van der Waals surface area contributed by atoms with Gasteiger partial charge in [-0.1, -0.05) is 20.8 Å². The van der Waals surface area contributed by atoms with E-state index < -0.39 is 0 Å². The molecule has 0 saturated carbocycles. The Morgan fingerprint density at radius 2 is 1.89 bits per heavy atom. The van der Waals surface area contributed by atoms with Crippen LogP contribution in [0, 0.1) is 12.7 Å². The Balaban J connectivity index is 2.93. The maximum absolute atomic E-state index is 13.9. The second kappa shape index (κ2) is 4.75. The molecule has 0 unspecified atom stereocenters. The van der Waals surface area contributed by atoms with Crippen molar-refractivity contribution in [3.05, 3.63) is 33.7 Å². The smallest absolute Gasteiger partial charge is 0.138 e. The van der Waals surface area contributed by atoms with E-state index in [4.69, 9.17) is 4.98 Å². The van der Waals surface area contributed by atoms with E-state index in [-0.39, 0.29) is 11.2 Å². The van der Waals surface area contributed by atoms with Crippen LogP contribution in [0.3, 0.4) is 0 Å². The van der Waals surface area contributed by atoms with Crippen LogP contribution in [0.2, 0.25) is 0 Å². The summed E-state index contributed by atoms with van der Waals surface area (Å²) in [5.74, 6) is -0.258. The number of hydrogen-bond donors (Lipinski definition) is 1. The highest BCUT2D eigenvalue weighted by molar-refractivity contribution is 9.10. The van der Waals surface area contributed by atoms with Crippen LogP contribution in [-0.2, 0) is 5.41 Å². The van der Waals surface area contributed by atoms with Gasteiger partial charge in [-0.2, -0.15) is 0 Å². The fraction of sp³-hybridized carbons (Fsp3) is 0.400. The molecule has 1 heterocycles. The molecule has 0 aliphatic rings. The molecule has 0 spiro atoms. The van der Waals surface area contributed by atoms with Crippen molar-refractivity contribution in [2.24, 2.45) is 0 Å². The van der Waals surface area contributed by atoms with E-state index in [1.165, 1.54) is 6.07 Å². The third-order valence-electron chi connectivity index (χ3n) is 3.20. The molecule has 0 fully saturated rings. The minimum atomic E-state index is -0.258. The predicted molar refractivity (Wildman–Crippen MR) is 82.4 cm³/mol. The predicted octanol–water partition coefficient (Wildman–Crippen LogP) is 4.78. The number of aromatic nitrogens is 1. The van der Waals surface area contributed by atoms with Crippen LogP contribution in [0.4, 0.5) is 10.1 Å². The van der Waals surface area contributed by atoms with Crippen molar-refractivity contribution in [1.82, 2.24) is 4.98 Å². The second-order valence-electron chi connectivity index (χ2n) is 5.77. The molecular weight excluding hydrogens is 307 g/mol. The third-order valence-corrected chi connectivity index (χ3v) is 3.98. The number of rotatable bonds is 1. The molecule has 2 rings (SSSR count). The molecule has 2 aromatic rings. The van der Waals surface area contributed by atoms with Gasteiger partial charge in [0.15, 0.2) is 0 Å². The summed E-state index contributed by atoms with van der Waals surface area (Å²) in [6.07, 6.45) is 0. The van der Waals surface area contributed by atoms with Crippen LogP contribution in [0.5, 0.6) is 0 Å². The summed E-state index contributed by atoms with van der Waals surface area (Å²) in [6.45, 7) is 8.24. The molecule has 102 valence electrons. The summed E-state index contributed by atoms with van der Waals surface area (Å²) in [7, 11) is 1.84. The van der Waals surface area contributed by atoms with Gasteiger partial charge in [-0.05, 0) is 40.5 Å². The lowest BCUT2D eigenvalue weighted by atomic mass is 9.90. The zero-order valence-electron chi connectivity index (χ0n) is 11.9. The summed E-state index contributed by atoms with van der Waals surface area (Å²) in [4.78, 5) is 4.72. The van der Waals surface area contributed by atoms with Gasteiger partial charge in [-0.15, -0.1) is 0 Å². The van der Waals surface area contributed by atoms with Gasteiger partial charge in [0.1, 0.15) is 5.82 Å². The van der Waals surface area contributed by atoms with Gasteiger partial charge in [0, 0.05) is 29.2 Å². The minimum absolute atomic E-state index is 0.0485. The molecule has 1 aromatic heterocycles. The van der Waals surface area contributed by atoms with Crippen LogP contribution in [0.15, 0.2) is 16.6 Å². The van der Waals surface area contributed by atoms with Crippen molar-refractivity contribution in [3.8, 4) is 0 Å². The quantitative estimate of drug-likeness (QED) is 0.816. The fourth-order valence-corrected chi connectivity index (χ4v) is 2.59. The molecule has 4 heteroatoms. The highest BCUT2D eigenvalue weighted by Gasteiger charge is 2.20. The van der Waals surface area contributed by atoms with Crippen molar-refractivity contribution >= 4 is 32.5 Å². The lowest BCUT2D eigenvalue weighted by Gasteiger charge is -2.21. The molecule has 0 aliphatic heterocycles. The van der Waals surface area contributed by atoms with Gasteiger partial charge >= 0.3 is 0 Å². The maximum Gasteiger partial charge on any atom is 0.138 e. The molecular formula is C15H18BrFN2. The average Bonchev–Trinajstić information content (AvgIpc) is 2.33. The zero-order valence-corrected chi connectivity index (χ0v) is 13.4. The van der Waals surface area contributed by atoms with Crippen molar-refractivity contribution in [1.29, 1.82) is 0 Å². The SMILES string of the molecule is CNc1cc(C(C)(C)C)nc2c(C)cc(F)c(Br)c12. The molecule has 0 aliphatic carbocycles. The Morgan fingerprint density at radius 3 is 2.42 bits per heavy atom. The van der Waals surface area contributed by atoms with E-state index in [1.54, 1.807) is 0 Å². The number of pyridine rings is 1. The molecule has 0 saturated heterocycles. The first-order valence-corrected chi connectivity index (χ1v) is 7.02. The summed E-state index contributed by atoms with van der Waals surface area (Å²) in [5.41, 5.74) is 3.52. The van der Waals surface area contributed by atoms with Crippen molar-refractivity contribution in [3.63, 3.8) is 0 Å². The summed E-state index contributed by atoms with van der Waals surface area (Å²) in [6, 6.07) is 3.51. The Hall–Kier alpha value is -1.16. The number of hydrogen-bond acceptors (Lipinski definition) is 2. The van der Waals surface area contributed by atoms with Crippen LogP contribution in [-0.4, -0.2) is 12.0 Å². The Labute approximate surface area is 121 Å². The first-order valence-electron chi connectivity index (χ1n) is 6.23. The van der Waals surface area contributed by atoms with Crippen LogP contribution >= 0.6 is 15.9 Å². The molecule has 1 N–H and O–H groups in total. The lowest BCUT2D eigenvalue weighted by Crippen LogP contribution is -2.14. The number of anilines is 1. The molecule has 0 atom stereocenters. The Morgan fingerprint density at radius 1 is 1.26 bits per heavy atom. The van der Waals surface area contributed by atoms with Gasteiger partial charge in [-0.25, -0.2) is 4.39 Å². The standard InChI is InChI=1S/C15H18BrFN2/c1-8-6-9(17)13(16)12-10(18-5)7-11(15(2,3)4)19-14(8)12/h6-7H,1-5H3,(H,18,19). The van der Waals surface area contributed by atoms with Crippen LogP contribution in [0.1, 0.15) is 32.0 Å². The molecule has 0 bridgehead atoms. The first-order chi connectivity index (χ1) is 8.75. The van der Waals surface area contributed by atoms with Gasteiger partial charge in [0.2, 0.25) is 0 Å².